The summed E-state index contributed by atoms with van der Waals surface area (Å²) in [6, 6.07) is 6.18. The second-order valence-electron chi connectivity index (χ2n) is 4.78. The fourth-order valence-electron chi connectivity index (χ4n) is 2.69. The number of anilines is 1. The summed E-state index contributed by atoms with van der Waals surface area (Å²) in [6.45, 7) is 1.95. The lowest BCUT2D eigenvalue weighted by Gasteiger charge is -2.24. The molecule has 0 aliphatic heterocycles. The Balaban J connectivity index is 2.08. The van der Waals surface area contributed by atoms with Crippen LogP contribution in [0.5, 0.6) is 0 Å². The number of hydrogen-bond donors (Lipinski definition) is 1. The van der Waals surface area contributed by atoms with Gasteiger partial charge in [-0.2, -0.15) is 0 Å². The predicted molar refractivity (Wildman–Crippen MR) is 70.2 cm³/mol. The molecule has 1 unspecified atom stereocenters. The van der Waals surface area contributed by atoms with Gasteiger partial charge in [0, 0.05) is 17.8 Å². The maximum Gasteiger partial charge on any atom is 0.220 e. The number of aromatic nitrogens is 3. The molecule has 4 nitrogen and oxygen atoms in total. The highest BCUT2D eigenvalue weighted by atomic mass is 15.0. The van der Waals surface area contributed by atoms with E-state index in [1.165, 1.54) is 12.0 Å². The molecule has 0 bridgehead atoms. The fourth-order valence-corrected chi connectivity index (χ4v) is 2.69. The number of nitrogens with two attached hydrogens (primary N) is 1. The van der Waals surface area contributed by atoms with Crippen molar-refractivity contribution in [3.8, 4) is 0 Å². The lowest BCUT2D eigenvalue weighted by Crippen LogP contribution is -2.15. The predicted octanol–water partition coefficient (Wildman–Crippen LogP) is 2.23. The number of hydrogen-bond acceptors (Lipinski definition) is 4. The second kappa shape index (κ2) is 4.37. The third-order valence-electron chi connectivity index (χ3n) is 3.44. The van der Waals surface area contributed by atoms with Crippen LogP contribution < -0.4 is 5.73 Å². The highest BCUT2D eigenvalue weighted by Gasteiger charge is 2.24. The van der Waals surface area contributed by atoms with Gasteiger partial charge in [0.05, 0.1) is 11.4 Å². The van der Waals surface area contributed by atoms with Gasteiger partial charge in [-0.25, -0.2) is 9.97 Å². The van der Waals surface area contributed by atoms with Gasteiger partial charge in [0.2, 0.25) is 5.95 Å². The Morgan fingerprint density at radius 1 is 1.33 bits per heavy atom. The van der Waals surface area contributed by atoms with Crippen molar-refractivity contribution in [2.75, 3.05) is 5.73 Å². The fraction of sp³-hybridized carbons (Fsp3) is 0.357. The van der Waals surface area contributed by atoms with E-state index < -0.39 is 0 Å². The number of aryl methyl sites for hydroxylation is 2. The third kappa shape index (κ3) is 1.94. The molecule has 2 heterocycles. The van der Waals surface area contributed by atoms with Crippen molar-refractivity contribution in [1.82, 2.24) is 15.0 Å². The Labute approximate surface area is 106 Å². The van der Waals surface area contributed by atoms with Crippen LogP contribution in [0.4, 0.5) is 5.95 Å². The molecule has 0 fully saturated rings. The summed E-state index contributed by atoms with van der Waals surface area (Å²) < 4.78 is 0. The van der Waals surface area contributed by atoms with Crippen molar-refractivity contribution in [2.45, 2.75) is 32.1 Å². The topological polar surface area (TPSA) is 64.7 Å². The number of nitrogens with zero attached hydrogens (tertiary/aromatic N) is 3. The van der Waals surface area contributed by atoms with Gasteiger partial charge in [0.1, 0.15) is 0 Å². The lowest BCUT2D eigenvalue weighted by atomic mass is 9.84. The van der Waals surface area contributed by atoms with E-state index in [4.69, 9.17) is 5.73 Å². The summed E-state index contributed by atoms with van der Waals surface area (Å²) in [6.07, 6.45) is 5.22. The largest absolute Gasteiger partial charge is 0.368 e. The molecule has 3 rings (SSSR count). The van der Waals surface area contributed by atoms with E-state index in [9.17, 15) is 0 Å². The Kier molecular flexibility index (Phi) is 2.70. The summed E-state index contributed by atoms with van der Waals surface area (Å²) in [5.74, 6) is 0.618. The van der Waals surface area contributed by atoms with E-state index in [-0.39, 0.29) is 5.92 Å². The van der Waals surface area contributed by atoms with Crippen LogP contribution in [0.3, 0.4) is 0 Å². The van der Waals surface area contributed by atoms with Crippen molar-refractivity contribution >= 4 is 5.95 Å². The molecule has 0 radical (unpaired) electrons. The Morgan fingerprint density at radius 3 is 3.06 bits per heavy atom. The first kappa shape index (κ1) is 11.1. The number of rotatable bonds is 1. The van der Waals surface area contributed by atoms with E-state index in [0.29, 0.717) is 5.95 Å². The molecule has 0 saturated heterocycles. The molecule has 1 aliphatic carbocycles. The van der Waals surface area contributed by atoms with E-state index in [1.54, 1.807) is 0 Å². The van der Waals surface area contributed by atoms with Gasteiger partial charge >= 0.3 is 0 Å². The van der Waals surface area contributed by atoms with E-state index in [1.807, 2.05) is 25.3 Å². The smallest absolute Gasteiger partial charge is 0.220 e. The van der Waals surface area contributed by atoms with Gasteiger partial charge in [0.25, 0.3) is 0 Å². The highest BCUT2D eigenvalue weighted by molar-refractivity contribution is 5.35. The van der Waals surface area contributed by atoms with Crippen LogP contribution in [0.2, 0.25) is 0 Å². The molecule has 0 spiro atoms. The SMILES string of the molecule is Cc1cc(C2CCCc3cccnc32)nc(N)n1. The minimum Gasteiger partial charge on any atom is -0.368 e. The van der Waals surface area contributed by atoms with Gasteiger partial charge < -0.3 is 5.73 Å². The summed E-state index contributed by atoms with van der Waals surface area (Å²) in [5.41, 5.74) is 10.2. The minimum atomic E-state index is 0.263. The zero-order chi connectivity index (χ0) is 12.5. The molecule has 0 saturated carbocycles. The van der Waals surface area contributed by atoms with Crippen LogP contribution in [0.15, 0.2) is 24.4 Å². The van der Waals surface area contributed by atoms with Gasteiger partial charge in [-0.15, -0.1) is 0 Å². The average molecular weight is 240 g/mol. The average Bonchev–Trinajstić information content (AvgIpc) is 2.37. The van der Waals surface area contributed by atoms with Crippen molar-refractivity contribution < 1.29 is 0 Å². The standard InChI is InChI=1S/C14H16N4/c1-9-8-12(18-14(15)17-9)11-6-2-4-10-5-3-7-16-13(10)11/h3,5,7-8,11H,2,4,6H2,1H3,(H2,15,17,18). The van der Waals surface area contributed by atoms with E-state index in [0.717, 1.165) is 29.9 Å². The zero-order valence-corrected chi connectivity index (χ0v) is 10.4. The summed E-state index contributed by atoms with van der Waals surface area (Å²) in [5, 5.41) is 0. The first-order chi connectivity index (χ1) is 8.74. The van der Waals surface area contributed by atoms with Gasteiger partial charge in [-0.05, 0) is 43.9 Å². The first-order valence-corrected chi connectivity index (χ1v) is 6.29. The maximum atomic E-state index is 5.74. The first-order valence-electron chi connectivity index (χ1n) is 6.29. The third-order valence-corrected chi connectivity index (χ3v) is 3.44. The zero-order valence-electron chi connectivity index (χ0n) is 10.4. The number of fused-ring (bicyclic) bond motifs is 1. The Bertz CT molecular complexity index is 560. The second-order valence-corrected chi connectivity index (χ2v) is 4.78. The molecule has 1 atom stereocenters. The van der Waals surface area contributed by atoms with Crippen molar-refractivity contribution in [3.63, 3.8) is 0 Å². The molecule has 18 heavy (non-hydrogen) atoms. The molecule has 2 N–H and O–H groups in total. The molecular weight excluding hydrogens is 224 g/mol. The van der Waals surface area contributed by atoms with E-state index >= 15 is 0 Å². The van der Waals surface area contributed by atoms with Gasteiger partial charge in [-0.3, -0.25) is 4.98 Å². The highest BCUT2D eigenvalue weighted by Crippen LogP contribution is 2.34. The quantitative estimate of drug-likeness (QED) is 0.830. The van der Waals surface area contributed by atoms with Crippen LogP contribution in [0.25, 0.3) is 0 Å². The molecule has 2 aromatic heterocycles. The summed E-state index contributed by atoms with van der Waals surface area (Å²) in [7, 11) is 0. The molecular formula is C14H16N4. The minimum absolute atomic E-state index is 0.263. The van der Waals surface area contributed by atoms with Crippen LogP contribution in [0, 0.1) is 6.92 Å². The monoisotopic (exact) mass is 240 g/mol. The van der Waals surface area contributed by atoms with Crippen LogP contribution in [-0.2, 0) is 6.42 Å². The number of nitrogen functional groups attached to an aromatic ring is 1. The molecule has 0 aromatic carbocycles. The van der Waals surface area contributed by atoms with Crippen LogP contribution in [-0.4, -0.2) is 15.0 Å². The van der Waals surface area contributed by atoms with Gasteiger partial charge in [0.15, 0.2) is 0 Å². The number of pyridine rings is 1. The van der Waals surface area contributed by atoms with Crippen molar-refractivity contribution in [3.05, 3.63) is 47.0 Å². The molecule has 1 aliphatic rings. The van der Waals surface area contributed by atoms with Crippen molar-refractivity contribution in [2.24, 2.45) is 0 Å². The van der Waals surface area contributed by atoms with Gasteiger partial charge in [-0.1, -0.05) is 6.07 Å². The molecule has 92 valence electrons. The maximum absolute atomic E-state index is 5.74. The van der Waals surface area contributed by atoms with Crippen molar-refractivity contribution in [1.29, 1.82) is 0 Å². The molecule has 4 heteroatoms. The van der Waals surface area contributed by atoms with E-state index in [2.05, 4.69) is 21.0 Å². The molecule has 0 amide bonds. The molecule has 2 aromatic rings. The normalized spacial score (nSPS) is 18.4. The lowest BCUT2D eigenvalue weighted by molar-refractivity contribution is 0.587. The summed E-state index contributed by atoms with van der Waals surface area (Å²) in [4.78, 5) is 13.0. The Morgan fingerprint density at radius 2 is 2.22 bits per heavy atom. The summed E-state index contributed by atoms with van der Waals surface area (Å²) >= 11 is 0. The van der Waals surface area contributed by atoms with Crippen LogP contribution in [0.1, 0.15) is 41.4 Å². The van der Waals surface area contributed by atoms with Crippen LogP contribution >= 0.6 is 0 Å². The Hall–Kier alpha value is -1.97.